The fraction of sp³-hybridized carbons (Fsp3) is 0.0909. The molecule has 0 saturated carbocycles. The van der Waals surface area contributed by atoms with Crippen molar-refractivity contribution in [1.82, 2.24) is 4.57 Å². The zero-order valence-electron chi connectivity index (χ0n) is 45.9. The van der Waals surface area contributed by atoms with Gasteiger partial charge < -0.3 is 9.47 Å². The second-order valence-electron chi connectivity index (χ2n) is 20.3. The lowest BCUT2D eigenvalue weighted by Gasteiger charge is -2.29. The Kier molecular flexibility index (Phi) is 15.3. The summed E-state index contributed by atoms with van der Waals surface area (Å²) in [6.45, 7) is 15.3. The maximum Gasteiger partial charge on any atom is 0.0622 e. The molecule has 0 radical (unpaired) electrons. The van der Waals surface area contributed by atoms with Crippen LogP contribution in [0.2, 0.25) is 0 Å². The van der Waals surface area contributed by atoms with Crippen molar-refractivity contribution in [2.75, 3.05) is 4.90 Å². The molecule has 0 fully saturated rings. The Morgan fingerprint density at radius 2 is 1.24 bits per heavy atom. The summed E-state index contributed by atoms with van der Waals surface area (Å²) in [6, 6.07) is 68.6. The molecule has 0 bridgehead atoms. The summed E-state index contributed by atoms with van der Waals surface area (Å²) in [5, 5.41) is 1.21. The van der Waals surface area contributed by atoms with Gasteiger partial charge in [-0.25, -0.2) is 0 Å². The average Bonchev–Trinajstić information content (AvgIpc) is 3.92. The van der Waals surface area contributed by atoms with Gasteiger partial charge in [0, 0.05) is 57.3 Å². The molecule has 0 amide bonds. The summed E-state index contributed by atoms with van der Waals surface area (Å²) in [6.07, 6.45) is 34.0. The molecule has 0 spiro atoms. The zero-order valence-corrected chi connectivity index (χ0v) is 45.9. The Hall–Kier alpha value is -9.50. The Morgan fingerprint density at radius 1 is 0.582 bits per heavy atom. The van der Waals surface area contributed by atoms with Crippen LogP contribution in [0.5, 0.6) is 0 Å². The van der Waals surface area contributed by atoms with E-state index in [1.165, 1.54) is 83.4 Å². The zero-order chi connectivity index (χ0) is 54.2. The van der Waals surface area contributed by atoms with E-state index < -0.39 is 0 Å². The predicted octanol–water partition coefficient (Wildman–Crippen LogP) is 20.9. The Balaban J connectivity index is 1.02. The molecule has 2 aliphatic rings. The van der Waals surface area contributed by atoms with E-state index in [0.29, 0.717) is 6.42 Å². The lowest BCUT2D eigenvalue weighted by atomic mass is 9.88. The molecule has 11 rings (SSSR count). The number of anilines is 1. The van der Waals surface area contributed by atoms with Gasteiger partial charge in [0.25, 0.3) is 0 Å². The van der Waals surface area contributed by atoms with Gasteiger partial charge in [-0.1, -0.05) is 243 Å². The van der Waals surface area contributed by atoms with Crippen molar-refractivity contribution in [3.05, 3.63) is 329 Å². The fourth-order valence-electron chi connectivity index (χ4n) is 11.6. The van der Waals surface area contributed by atoms with Crippen molar-refractivity contribution in [1.29, 1.82) is 0 Å². The third-order valence-electron chi connectivity index (χ3n) is 15.5. The second kappa shape index (κ2) is 23.4. The summed E-state index contributed by atoms with van der Waals surface area (Å²) in [5.41, 5.74) is 26.0. The van der Waals surface area contributed by atoms with Gasteiger partial charge in [-0.15, -0.1) is 0 Å². The highest BCUT2D eigenvalue weighted by Gasteiger charge is 2.24. The molecule has 2 heteroatoms. The van der Waals surface area contributed by atoms with E-state index in [1.54, 1.807) is 0 Å². The molecule has 0 aliphatic heterocycles. The number of fused-ring (bicyclic) bond motifs is 2. The van der Waals surface area contributed by atoms with Crippen LogP contribution < -0.4 is 4.90 Å². The van der Waals surface area contributed by atoms with E-state index in [9.17, 15) is 0 Å². The molecule has 8 aromatic carbocycles. The molecule has 9 aromatic rings. The number of aromatic nitrogens is 1. The Bertz CT molecular complexity index is 3990. The van der Waals surface area contributed by atoms with Crippen LogP contribution in [0.3, 0.4) is 0 Å². The molecule has 2 nitrogen and oxygen atoms in total. The molecule has 79 heavy (non-hydrogen) atoms. The standard InChI is InChI=1S/C77H66N2/c1-7-23-69-54(5)25-21-36-71(69)63-41-39-59(40-42-63)60-46-49-68(50-47-60)79(67-33-22-30-57(45-48-67)58-37-43-64(44-38-58)73-35-20-18-29-61-28-17-19-34-72(61)73)65(10-4)53-56(9-3)74-51-52-75(62-26-13-11-14-27-62)77-76(74)70(24-8-2)55(6)78(77)66-31-15-12-16-32-66/h7-32,34-53,73H,4,33H2,1-3,5-6H3/b23-7-,24-8-,56-9+,65-53+. The highest BCUT2D eigenvalue weighted by Crippen LogP contribution is 2.43. The SMILES string of the molecule is C=C/C(=C\C(=C/C)c1ccc(-c2ccccc2)c2c1c(/C=C\C)c(C)n2-c1ccccc1)N(C1=CC=C(c2ccc(C3C=CC=Cc4ccccc43)cc2)C=CC1)c1ccc(-c2ccc(-c3cccc(C)c3/C=C\C)cc2)cc1. The summed E-state index contributed by atoms with van der Waals surface area (Å²) in [4.78, 5) is 2.39. The molecule has 1 aromatic heterocycles. The molecule has 1 atom stereocenters. The van der Waals surface area contributed by atoms with Crippen LogP contribution >= 0.6 is 0 Å². The molecular formula is C77H66N2. The van der Waals surface area contributed by atoms with Gasteiger partial charge in [0.1, 0.15) is 0 Å². The number of hydrogen-bond donors (Lipinski definition) is 0. The number of nitrogens with zero attached hydrogens (tertiary/aromatic N) is 2. The number of allylic oxidation sites excluding steroid dienone is 14. The van der Waals surface area contributed by atoms with Gasteiger partial charge in [-0.05, 0) is 155 Å². The smallest absolute Gasteiger partial charge is 0.0622 e. The van der Waals surface area contributed by atoms with Gasteiger partial charge in [-0.2, -0.15) is 0 Å². The molecular weight excluding hydrogens is 953 g/mol. The summed E-state index contributed by atoms with van der Waals surface area (Å²) in [7, 11) is 0. The highest BCUT2D eigenvalue weighted by atomic mass is 15.2. The van der Waals surface area contributed by atoms with Gasteiger partial charge in [0.15, 0.2) is 0 Å². The number of aryl methyl sites for hydroxylation is 1. The Labute approximate surface area is 468 Å². The van der Waals surface area contributed by atoms with Crippen LogP contribution in [0.1, 0.15) is 83.3 Å². The van der Waals surface area contributed by atoms with Crippen LogP contribution in [-0.4, -0.2) is 4.57 Å². The van der Waals surface area contributed by atoms with Crippen LogP contribution in [0.25, 0.3) is 79.3 Å². The normalized spacial score (nSPS) is 14.6. The summed E-state index contributed by atoms with van der Waals surface area (Å²) < 4.78 is 2.44. The van der Waals surface area contributed by atoms with E-state index in [4.69, 9.17) is 0 Å². The molecule has 384 valence electrons. The van der Waals surface area contributed by atoms with Crippen LogP contribution in [0.15, 0.2) is 279 Å². The number of benzene rings is 8. The van der Waals surface area contributed by atoms with Crippen molar-refractivity contribution in [2.24, 2.45) is 0 Å². The quantitative estimate of drug-likeness (QED) is 0.0986. The Morgan fingerprint density at radius 3 is 1.96 bits per heavy atom. The van der Waals surface area contributed by atoms with Gasteiger partial charge in [0.2, 0.25) is 0 Å². The first-order valence-electron chi connectivity index (χ1n) is 27.6. The second-order valence-corrected chi connectivity index (χ2v) is 20.3. The summed E-state index contributed by atoms with van der Waals surface area (Å²) >= 11 is 0. The maximum atomic E-state index is 4.55. The predicted molar refractivity (Wildman–Crippen MR) is 342 cm³/mol. The van der Waals surface area contributed by atoms with E-state index in [1.807, 2.05) is 6.08 Å². The highest BCUT2D eigenvalue weighted by molar-refractivity contribution is 6.08. The van der Waals surface area contributed by atoms with Crippen molar-refractivity contribution in [3.63, 3.8) is 0 Å². The molecule has 0 saturated heterocycles. The monoisotopic (exact) mass is 1020 g/mol. The van der Waals surface area contributed by atoms with Crippen LogP contribution in [-0.2, 0) is 0 Å². The van der Waals surface area contributed by atoms with Crippen molar-refractivity contribution in [2.45, 2.75) is 47.0 Å². The fourth-order valence-corrected chi connectivity index (χ4v) is 11.6. The van der Waals surface area contributed by atoms with Crippen LogP contribution in [0, 0.1) is 13.8 Å². The topological polar surface area (TPSA) is 8.17 Å². The van der Waals surface area contributed by atoms with E-state index in [2.05, 4.69) is 324 Å². The van der Waals surface area contributed by atoms with E-state index in [-0.39, 0.29) is 5.92 Å². The lowest BCUT2D eigenvalue weighted by molar-refractivity contribution is 1.02. The van der Waals surface area contributed by atoms with Crippen molar-refractivity contribution in [3.8, 4) is 39.1 Å². The van der Waals surface area contributed by atoms with E-state index in [0.717, 1.165) is 45.0 Å². The van der Waals surface area contributed by atoms with E-state index >= 15 is 0 Å². The lowest BCUT2D eigenvalue weighted by Crippen LogP contribution is -2.21. The number of para-hydroxylation sites is 1. The van der Waals surface area contributed by atoms with Gasteiger partial charge in [0.05, 0.1) is 5.52 Å². The first-order chi connectivity index (χ1) is 38.9. The summed E-state index contributed by atoms with van der Waals surface area (Å²) in [5.74, 6) is 0.186. The first-order valence-corrected chi connectivity index (χ1v) is 27.6. The first kappa shape index (κ1) is 51.6. The molecule has 0 N–H and O–H groups in total. The third kappa shape index (κ3) is 10.4. The largest absolute Gasteiger partial charge is 0.314 e. The minimum absolute atomic E-state index is 0.186. The average molecular weight is 1020 g/mol. The van der Waals surface area contributed by atoms with Crippen molar-refractivity contribution < 1.29 is 0 Å². The van der Waals surface area contributed by atoms with Gasteiger partial charge >= 0.3 is 0 Å². The number of rotatable bonds is 14. The molecule has 2 aliphatic carbocycles. The molecule has 1 unspecified atom stereocenters. The maximum absolute atomic E-state index is 4.55. The molecule has 1 heterocycles. The minimum Gasteiger partial charge on any atom is -0.314 e. The third-order valence-corrected chi connectivity index (χ3v) is 15.5. The van der Waals surface area contributed by atoms with Crippen LogP contribution in [0.4, 0.5) is 5.69 Å². The van der Waals surface area contributed by atoms with Gasteiger partial charge in [-0.3, -0.25) is 0 Å². The number of hydrogen-bond acceptors (Lipinski definition) is 1. The van der Waals surface area contributed by atoms with Crippen molar-refractivity contribution >= 4 is 46.0 Å². The minimum atomic E-state index is 0.186.